The fourth-order valence-electron chi connectivity index (χ4n) is 1.77. The Hall–Kier alpha value is -2.14. The number of hydrogen-bond acceptors (Lipinski definition) is 5. The lowest BCUT2D eigenvalue weighted by Crippen LogP contribution is -2.10. The van der Waals surface area contributed by atoms with Crippen LogP contribution in [0.3, 0.4) is 0 Å². The van der Waals surface area contributed by atoms with Crippen LogP contribution in [0.4, 0.5) is 0 Å². The fraction of sp³-hybridized carbons (Fsp3) is 0.188. The average molecular weight is 304 g/mol. The van der Waals surface area contributed by atoms with Crippen molar-refractivity contribution in [3.05, 3.63) is 48.0 Å². The molecule has 0 radical (unpaired) electrons. The summed E-state index contributed by atoms with van der Waals surface area (Å²) in [6.07, 6.45) is 1.96. The number of hydrogen-bond donors (Lipinski definition) is 0. The largest absolute Gasteiger partial charge is 0.497 e. The molecule has 2 aromatic carbocycles. The van der Waals surface area contributed by atoms with E-state index in [0.717, 1.165) is 4.90 Å². The zero-order chi connectivity index (χ0) is 15.2. The maximum absolute atomic E-state index is 12.2. The first-order valence-corrected chi connectivity index (χ1v) is 7.48. The molecule has 0 aliphatic heterocycles. The molecule has 110 valence electrons. The van der Waals surface area contributed by atoms with Crippen LogP contribution in [0.2, 0.25) is 0 Å². The van der Waals surface area contributed by atoms with Gasteiger partial charge >= 0.3 is 5.97 Å². The van der Waals surface area contributed by atoms with Gasteiger partial charge in [0.2, 0.25) is 0 Å². The number of rotatable bonds is 5. The Bertz CT molecular complexity index is 623. The maximum Gasteiger partial charge on any atom is 0.347 e. The molecule has 0 aliphatic rings. The first kappa shape index (κ1) is 15.3. The highest BCUT2D eigenvalue weighted by Gasteiger charge is 2.15. The van der Waals surface area contributed by atoms with Crippen molar-refractivity contribution < 1.29 is 19.0 Å². The van der Waals surface area contributed by atoms with Gasteiger partial charge in [0.1, 0.15) is 22.8 Å². The molecule has 0 saturated heterocycles. The molecule has 0 unspecified atom stereocenters. The van der Waals surface area contributed by atoms with E-state index in [2.05, 4.69) is 0 Å². The van der Waals surface area contributed by atoms with E-state index in [1.165, 1.54) is 7.11 Å². The van der Waals surface area contributed by atoms with E-state index in [9.17, 15) is 4.79 Å². The summed E-state index contributed by atoms with van der Waals surface area (Å²) in [6, 6.07) is 12.2. The van der Waals surface area contributed by atoms with Gasteiger partial charge in [0.15, 0.2) is 0 Å². The van der Waals surface area contributed by atoms with Gasteiger partial charge in [-0.3, -0.25) is 0 Å². The fourth-order valence-corrected chi connectivity index (χ4v) is 2.20. The first-order chi connectivity index (χ1) is 10.2. The molecular formula is C16H16O4S. The third kappa shape index (κ3) is 3.70. The van der Waals surface area contributed by atoms with Crippen LogP contribution >= 0.6 is 11.8 Å². The normalized spacial score (nSPS) is 10.0. The summed E-state index contributed by atoms with van der Waals surface area (Å²) in [4.78, 5) is 13.2. The summed E-state index contributed by atoms with van der Waals surface area (Å²) in [5, 5.41) is 0. The van der Waals surface area contributed by atoms with Crippen LogP contribution < -0.4 is 14.2 Å². The zero-order valence-electron chi connectivity index (χ0n) is 12.1. The predicted molar refractivity (Wildman–Crippen MR) is 82.7 cm³/mol. The van der Waals surface area contributed by atoms with Gasteiger partial charge in [-0.1, -0.05) is 0 Å². The van der Waals surface area contributed by atoms with E-state index < -0.39 is 5.97 Å². The van der Waals surface area contributed by atoms with Crippen molar-refractivity contribution in [2.75, 3.05) is 20.5 Å². The second kappa shape index (κ2) is 7.04. The lowest BCUT2D eigenvalue weighted by molar-refractivity contribution is 0.0731. The van der Waals surface area contributed by atoms with Crippen molar-refractivity contribution >= 4 is 17.7 Å². The van der Waals surface area contributed by atoms with E-state index in [0.29, 0.717) is 22.8 Å². The van der Waals surface area contributed by atoms with Gasteiger partial charge in [-0.05, 0) is 48.7 Å². The Balaban J connectivity index is 2.19. The number of ether oxygens (including phenoxy) is 3. The molecule has 4 nitrogen and oxygen atoms in total. The molecule has 5 heteroatoms. The number of benzene rings is 2. The molecule has 2 aromatic rings. The van der Waals surface area contributed by atoms with E-state index in [-0.39, 0.29) is 0 Å². The quantitative estimate of drug-likeness (QED) is 0.479. The van der Waals surface area contributed by atoms with Crippen molar-refractivity contribution in [3.63, 3.8) is 0 Å². The third-order valence-electron chi connectivity index (χ3n) is 2.90. The standard InChI is InChI=1S/C16H16O4S/c1-18-11-4-6-12(7-5-11)20-16(17)14-9-8-13(21-3)10-15(14)19-2/h4-10H,1-3H3. The van der Waals surface area contributed by atoms with Crippen LogP contribution in [0, 0.1) is 0 Å². The molecule has 0 N–H and O–H groups in total. The molecule has 0 aliphatic carbocycles. The van der Waals surface area contributed by atoms with Gasteiger partial charge in [0, 0.05) is 4.90 Å². The Morgan fingerprint density at radius 3 is 2.19 bits per heavy atom. The summed E-state index contributed by atoms with van der Waals surface area (Å²) >= 11 is 1.58. The first-order valence-electron chi connectivity index (χ1n) is 6.26. The summed E-state index contributed by atoms with van der Waals surface area (Å²) < 4.78 is 15.6. The van der Waals surface area contributed by atoms with Crippen molar-refractivity contribution in [2.24, 2.45) is 0 Å². The highest BCUT2D eigenvalue weighted by Crippen LogP contribution is 2.27. The predicted octanol–water partition coefficient (Wildman–Crippen LogP) is 3.64. The lowest BCUT2D eigenvalue weighted by Gasteiger charge is -2.10. The summed E-state index contributed by atoms with van der Waals surface area (Å²) in [6.45, 7) is 0. The molecule has 0 saturated carbocycles. The zero-order valence-corrected chi connectivity index (χ0v) is 12.9. The molecule has 0 amide bonds. The van der Waals surface area contributed by atoms with Gasteiger partial charge in [-0.15, -0.1) is 11.8 Å². The van der Waals surface area contributed by atoms with E-state index in [1.54, 1.807) is 49.2 Å². The van der Waals surface area contributed by atoms with Crippen LogP contribution in [-0.2, 0) is 0 Å². The average Bonchev–Trinajstić information content (AvgIpc) is 2.54. The second-order valence-corrected chi connectivity index (χ2v) is 5.01. The summed E-state index contributed by atoms with van der Waals surface area (Å²) in [5.41, 5.74) is 0.395. The molecule has 0 atom stereocenters. The van der Waals surface area contributed by atoms with E-state index in [1.807, 2.05) is 18.4 Å². The van der Waals surface area contributed by atoms with Gasteiger partial charge in [-0.25, -0.2) is 4.79 Å². The van der Waals surface area contributed by atoms with Gasteiger partial charge in [-0.2, -0.15) is 0 Å². The van der Waals surface area contributed by atoms with E-state index >= 15 is 0 Å². The van der Waals surface area contributed by atoms with Crippen molar-refractivity contribution in [3.8, 4) is 17.2 Å². The minimum Gasteiger partial charge on any atom is -0.497 e. The van der Waals surface area contributed by atoms with Crippen LogP contribution in [0.1, 0.15) is 10.4 Å². The molecule has 0 heterocycles. The van der Waals surface area contributed by atoms with Crippen LogP contribution in [-0.4, -0.2) is 26.4 Å². The number of carbonyl (C=O) groups excluding carboxylic acids is 1. The highest BCUT2D eigenvalue weighted by atomic mass is 32.2. The number of carbonyl (C=O) groups is 1. The number of esters is 1. The van der Waals surface area contributed by atoms with Crippen LogP contribution in [0.25, 0.3) is 0 Å². The Labute approximate surface area is 128 Å². The Kier molecular flexibility index (Phi) is 5.11. The van der Waals surface area contributed by atoms with Gasteiger partial charge in [0.25, 0.3) is 0 Å². The molecule has 2 rings (SSSR count). The Morgan fingerprint density at radius 2 is 1.62 bits per heavy atom. The third-order valence-corrected chi connectivity index (χ3v) is 3.62. The molecule has 21 heavy (non-hydrogen) atoms. The molecule has 0 fully saturated rings. The minimum atomic E-state index is -0.454. The van der Waals surface area contributed by atoms with Crippen molar-refractivity contribution in [1.82, 2.24) is 0 Å². The van der Waals surface area contributed by atoms with Crippen molar-refractivity contribution in [2.45, 2.75) is 4.90 Å². The summed E-state index contributed by atoms with van der Waals surface area (Å²) in [5.74, 6) is 1.21. The lowest BCUT2D eigenvalue weighted by atomic mass is 10.2. The van der Waals surface area contributed by atoms with Gasteiger partial charge in [0.05, 0.1) is 14.2 Å². The topological polar surface area (TPSA) is 44.8 Å². The molecule has 0 aromatic heterocycles. The minimum absolute atomic E-state index is 0.395. The molecule has 0 bridgehead atoms. The summed E-state index contributed by atoms with van der Waals surface area (Å²) in [7, 11) is 3.11. The van der Waals surface area contributed by atoms with E-state index in [4.69, 9.17) is 14.2 Å². The van der Waals surface area contributed by atoms with Crippen LogP contribution in [0.5, 0.6) is 17.2 Å². The highest BCUT2D eigenvalue weighted by molar-refractivity contribution is 7.98. The molecular weight excluding hydrogens is 288 g/mol. The SMILES string of the molecule is COc1ccc(OC(=O)c2ccc(SC)cc2OC)cc1. The van der Waals surface area contributed by atoms with Gasteiger partial charge < -0.3 is 14.2 Å². The van der Waals surface area contributed by atoms with Crippen LogP contribution in [0.15, 0.2) is 47.4 Å². The smallest absolute Gasteiger partial charge is 0.347 e. The molecule has 0 spiro atoms. The number of methoxy groups -OCH3 is 2. The van der Waals surface area contributed by atoms with Crippen molar-refractivity contribution in [1.29, 1.82) is 0 Å². The monoisotopic (exact) mass is 304 g/mol. The second-order valence-electron chi connectivity index (χ2n) is 4.13. The Morgan fingerprint density at radius 1 is 0.952 bits per heavy atom. The number of thioether (sulfide) groups is 1. The maximum atomic E-state index is 12.2.